The highest BCUT2D eigenvalue weighted by molar-refractivity contribution is 6.32. The maximum Gasteiger partial charge on any atom is 0.251 e. The van der Waals surface area contributed by atoms with E-state index in [1.165, 1.54) is 29.8 Å². The number of halogens is 3. The number of ether oxygens (including phenoxy) is 1. The molecule has 1 aliphatic heterocycles. The van der Waals surface area contributed by atoms with Crippen LogP contribution in [0.4, 0.5) is 4.39 Å². The lowest BCUT2D eigenvalue weighted by Gasteiger charge is -2.15. The molecule has 0 atom stereocenters. The number of rotatable bonds is 5. The third-order valence-electron chi connectivity index (χ3n) is 4.17. The second-order valence-corrected chi connectivity index (χ2v) is 6.28. The maximum absolute atomic E-state index is 12.9. The quantitative estimate of drug-likeness (QED) is 0.758. The second-order valence-electron chi connectivity index (χ2n) is 5.88. The van der Waals surface area contributed by atoms with Gasteiger partial charge in [0, 0.05) is 11.1 Å². The Bertz CT molecular complexity index is 754. The van der Waals surface area contributed by atoms with Gasteiger partial charge in [0.2, 0.25) is 0 Å². The van der Waals surface area contributed by atoms with Crippen LogP contribution in [-0.2, 0) is 12.8 Å². The summed E-state index contributed by atoms with van der Waals surface area (Å²) in [4.78, 5) is 12.0. The standard InChI is InChI=1S/C19H20ClFN2O2.ClH/c20-17-6-3-13-7-9-22-10-8-16(13)18(17)25-12-11-23-19(24)14-1-4-15(21)5-2-14;/h1-6,22H,7-12H2,(H,23,24);1H. The monoisotopic (exact) mass is 398 g/mol. The summed E-state index contributed by atoms with van der Waals surface area (Å²) in [5.41, 5.74) is 2.81. The predicted molar refractivity (Wildman–Crippen MR) is 103 cm³/mol. The van der Waals surface area contributed by atoms with Gasteiger partial charge in [0.05, 0.1) is 11.6 Å². The number of nitrogens with one attached hydrogen (secondary N) is 2. The first-order valence-corrected chi connectivity index (χ1v) is 8.70. The van der Waals surface area contributed by atoms with Crippen molar-refractivity contribution in [3.63, 3.8) is 0 Å². The Morgan fingerprint density at radius 3 is 2.65 bits per heavy atom. The summed E-state index contributed by atoms with van der Waals surface area (Å²) < 4.78 is 18.7. The summed E-state index contributed by atoms with van der Waals surface area (Å²) in [6.45, 7) is 2.50. The Balaban J connectivity index is 0.00000243. The lowest BCUT2D eigenvalue weighted by molar-refractivity contribution is 0.0947. The fraction of sp³-hybridized carbons (Fsp3) is 0.316. The van der Waals surface area contributed by atoms with Crippen molar-refractivity contribution in [2.24, 2.45) is 0 Å². The zero-order valence-electron chi connectivity index (χ0n) is 14.2. The molecule has 0 saturated carbocycles. The molecule has 0 spiro atoms. The minimum absolute atomic E-state index is 0. The number of carbonyl (C=O) groups is 1. The van der Waals surface area contributed by atoms with Crippen LogP contribution in [0.3, 0.4) is 0 Å². The number of amides is 1. The molecule has 0 radical (unpaired) electrons. The minimum Gasteiger partial charge on any atom is -0.490 e. The van der Waals surface area contributed by atoms with E-state index in [2.05, 4.69) is 10.6 Å². The van der Waals surface area contributed by atoms with Crippen molar-refractivity contribution in [3.8, 4) is 5.75 Å². The van der Waals surface area contributed by atoms with Gasteiger partial charge >= 0.3 is 0 Å². The number of fused-ring (bicyclic) bond motifs is 1. The molecule has 1 aliphatic rings. The molecule has 26 heavy (non-hydrogen) atoms. The van der Waals surface area contributed by atoms with Crippen molar-refractivity contribution in [1.82, 2.24) is 10.6 Å². The lowest BCUT2D eigenvalue weighted by Crippen LogP contribution is -2.28. The first kappa shape index (κ1) is 20.5. The van der Waals surface area contributed by atoms with Crippen molar-refractivity contribution in [3.05, 3.63) is 63.9 Å². The van der Waals surface area contributed by atoms with Gasteiger partial charge in [-0.15, -0.1) is 12.4 Å². The molecular weight excluding hydrogens is 378 g/mol. The number of hydrogen-bond donors (Lipinski definition) is 2. The third-order valence-corrected chi connectivity index (χ3v) is 4.47. The van der Waals surface area contributed by atoms with Crippen LogP contribution >= 0.6 is 24.0 Å². The van der Waals surface area contributed by atoms with Gasteiger partial charge < -0.3 is 15.4 Å². The summed E-state index contributed by atoms with van der Waals surface area (Å²) in [7, 11) is 0. The van der Waals surface area contributed by atoms with Gasteiger partial charge in [0.15, 0.2) is 0 Å². The zero-order valence-corrected chi connectivity index (χ0v) is 15.8. The van der Waals surface area contributed by atoms with Gasteiger partial charge in [-0.1, -0.05) is 17.7 Å². The Kier molecular flexibility index (Phi) is 7.69. The zero-order chi connectivity index (χ0) is 17.6. The van der Waals surface area contributed by atoms with Gasteiger partial charge in [-0.3, -0.25) is 4.79 Å². The topological polar surface area (TPSA) is 50.4 Å². The van der Waals surface area contributed by atoms with Crippen molar-refractivity contribution < 1.29 is 13.9 Å². The normalized spacial score (nSPS) is 13.2. The first-order chi connectivity index (χ1) is 12.1. The summed E-state index contributed by atoms with van der Waals surface area (Å²) >= 11 is 6.30. The largest absolute Gasteiger partial charge is 0.490 e. The van der Waals surface area contributed by atoms with Gasteiger partial charge in [-0.2, -0.15) is 0 Å². The Labute approximate surface area is 163 Å². The van der Waals surface area contributed by atoms with Crippen molar-refractivity contribution in [1.29, 1.82) is 0 Å². The van der Waals surface area contributed by atoms with Crippen LogP contribution < -0.4 is 15.4 Å². The van der Waals surface area contributed by atoms with Crippen LogP contribution in [0.15, 0.2) is 36.4 Å². The molecule has 0 fully saturated rings. The summed E-state index contributed by atoms with van der Waals surface area (Å²) in [6, 6.07) is 9.34. The highest BCUT2D eigenvalue weighted by atomic mass is 35.5. The summed E-state index contributed by atoms with van der Waals surface area (Å²) in [5.74, 6) is 0.0819. The van der Waals surface area contributed by atoms with E-state index in [0.29, 0.717) is 29.5 Å². The van der Waals surface area contributed by atoms with Gasteiger partial charge in [-0.25, -0.2) is 4.39 Å². The molecule has 1 amide bonds. The highest BCUT2D eigenvalue weighted by Gasteiger charge is 2.16. The van der Waals surface area contributed by atoms with Crippen LogP contribution in [-0.4, -0.2) is 32.1 Å². The van der Waals surface area contributed by atoms with E-state index in [4.69, 9.17) is 16.3 Å². The molecule has 1 heterocycles. The highest BCUT2D eigenvalue weighted by Crippen LogP contribution is 2.32. The van der Waals surface area contributed by atoms with E-state index < -0.39 is 0 Å². The molecule has 0 bridgehead atoms. The molecular formula is C19H21Cl2FN2O2. The van der Waals surface area contributed by atoms with Gasteiger partial charge in [0.1, 0.15) is 18.2 Å². The first-order valence-electron chi connectivity index (χ1n) is 8.32. The fourth-order valence-corrected chi connectivity index (χ4v) is 3.12. The maximum atomic E-state index is 12.9. The third kappa shape index (κ3) is 5.10. The molecule has 0 aromatic heterocycles. The molecule has 4 nitrogen and oxygen atoms in total. The van der Waals surface area contributed by atoms with Crippen LogP contribution in [0.2, 0.25) is 5.02 Å². The molecule has 2 N–H and O–H groups in total. The van der Waals surface area contributed by atoms with Gasteiger partial charge in [-0.05, 0) is 61.8 Å². The molecule has 0 saturated heterocycles. The van der Waals surface area contributed by atoms with Crippen molar-refractivity contribution in [2.75, 3.05) is 26.2 Å². The number of hydrogen-bond acceptors (Lipinski definition) is 3. The van der Waals surface area contributed by atoms with Crippen molar-refractivity contribution in [2.45, 2.75) is 12.8 Å². The van der Waals surface area contributed by atoms with E-state index in [-0.39, 0.29) is 24.1 Å². The molecule has 2 aromatic carbocycles. The Morgan fingerprint density at radius 1 is 1.15 bits per heavy atom. The second kappa shape index (κ2) is 9.76. The van der Waals surface area contributed by atoms with Crippen LogP contribution in [0, 0.1) is 5.82 Å². The van der Waals surface area contributed by atoms with E-state index in [0.717, 1.165) is 31.5 Å². The van der Waals surface area contributed by atoms with E-state index in [1.807, 2.05) is 12.1 Å². The summed E-state index contributed by atoms with van der Waals surface area (Å²) in [6.07, 6.45) is 1.82. The van der Waals surface area contributed by atoms with E-state index >= 15 is 0 Å². The SMILES string of the molecule is Cl.O=C(NCCOc1c(Cl)ccc2c1CCNCC2)c1ccc(F)cc1. The van der Waals surface area contributed by atoms with E-state index in [9.17, 15) is 9.18 Å². The van der Waals surface area contributed by atoms with Crippen molar-refractivity contribution >= 4 is 29.9 Å². The van der Waals surface area contributed by atoms with Crippen LogP contribution in [0.25, 0.3) is 0 Å². The molecule has 0 unspecified atom stereocenters. The Hall–Kier alpha value is -1.82. The Morgan fingerprint density at radius 2 is 1.88 bits per heavy atom. The van der Waals surface area contributed by atoms with Crippen LogP contribution in [0.1, 0.15) is 21.5 Å². The summed E-state index contributed by atoms with van der Waals surface area (Å²) in [5, 5.41) is 6.71. The predicted octanol–water partition coefficient (Wildman–Crippen LogP) is 3.40. The molecule has 140 valence electrons. The number of benzene rings is 2. The smallest absolute Gasteiger partial charge is 0.251 e. The minimum atomic E-state index is -0.367. The average molecular weight is 399 g/mol. The molecule has 2 aromatic rings. The average Bonchev–Trinajstić information content (AvgIpc) is 2.86. The molecule has 3 rings (SSSR count). The van der Waals surface area contributed by atoms with Crippen LogP contribution in [0.5, 0.6) is 5.75 Å². The molecule has 0 aliphatic carbocycles. The lowest BCUT2D eigenvalue weighted by atomic mass is 10.0. The van der Waals surface area contributed by atoms with Gasteiger partial charge in [0.25, 0.3) is 5.91 Å². The van der Waals surface area contributed by atoms with E-state index in [1.54, 1.807) is 0 Å². The fourth-order valence-electron chi connectivity index (χ4n) is 2.89. The molecule has 7 heteroatoms. The number of carbonyl (C=O) groups excluding carboxylic acids is 1.